The van der Waals surface area contributed by atoms with E-state index in [1.807, 2.05) is 48.5 Å². The monoisotopic (exact) mass is 316 g/mol. The minimum absolute atomic E-state index is 0.551. The maximum absolute atomic E-state index is 10.4. The minimum atomic E-state index is -0.551. The Morgan fingerprint density at radius 1 is 1.05 bits per heavy atom. The van der Waals surface area contributed by atoms with Gasteiger partial charge in [-0.05, 0) is 23.8 Å². The van der Waals surface area contributed by atoms with Gasteiger partial charge in [0.05, 0.1) is 12.4 Å². The van der Waals surface area contributed by atoms with Crippen LogP contribution in [0.15, 0.2) is 63.7 Å². The Kier molecular flexibility index (Phi) is 3.40. The number of aliphatic hydroxyl groups excluding tert-OH is 1. The predicted octanol–water partition coefficient (Wildman–Crippen LogP) is 4.47. The van der Waals surface area contributed by atoms with Gasteiger partial charge in [-0.25, -0.2) is 0 Å². The van der Waals surface area contributed by atoms with Crippen LogP contribution in [-0.2, 0) is 6.42 Å². The second kappa shape index (κ2) is 5.19. The molecule has 0 bridgehead atoms. The number of halogens is 1. The van der Waals surface area contributed by atoms with E-state index in [9.17, 15) is 5.11 Å². The van der Waals surface area contributed by atoms with E-state index in [1.165, 1.54) is 0 Å². The van der Waals surface area contributed by atoms with Crippen molar-refractivity contribution < 1.29 is 9.52 Å². The number of rotatable bonds is 3. The molecule has 0 radical (unpaired) electrons. The standard InChI is InChI=1S/C16H13BrO2/c17-12-7-5-11(6-8-12)9-15(18)14-10-19-16-4-2-1-3-13(14)16/h1-8,10,15,18H,9H2. The lowest BCUT2D eigenvalue weighted by Crippen LogP contribution is -2.00. The molecule has 2 nitrogen and oxygen atoms in total. The van der Waals surface area contributed by atoms with Crippen LogP contribution >= 0.6 is 15.9 Å². The van der Waals surface area contributed by atoms with Gasteiger partial charge < -0.3 is 9.52 Å². The van der Waals surface area contributed by atoms with Gasteiger partial charge in [0.1, 0.15) is 5.58 Å². The van der Waals surface area contributed by atoms with E-state index in [0.717, 1.165) is 26.6 Å². The van der Waals surface area contributed by atoms with Crippen molar-refractivity contribution in [3.05, 3.63) is 70.4 Å². The molecule has 1 N–H and O–H groups in total. The molecule has 1 aromatic heterocycles. The highest BCUT2D eigenvalue weighted by Crippen LogP contribution is 2.28. The summed E-state index contributed by atoms with van der Waals surface area (Å²) in [5.74, 6) is 0. The number of aliphatic hydroxyl groups is 1. The molecular weight excluding hydrogens is 304 g/mol. The molecule has 1 unspecified atom stereocenters. The fraction of sp³-hybridized carbons (Fsp3) is 0.125. The van der Waals surface area contributed by atoms with Gasteiger partial charge in [-0.15, -0.1) is 0 Å². The lowest BCUT2D eigenvalue weighted by Gasteiger charge is -2.09. The number of benzene rings is 2. The van der Waals surface area contributed by atoms with Gasteiger partial charge in [-0.1, -0.05) is 46.3 Å². The average Bonchev–Trinajstić information content (AvgIpc) is 2.85. The molecule has 3 rings (SSSR count). The molecule has 0 amide bonds. The second-order valence-corrected chi connectivity index (χ2v) is 5.45. The molecule has 96 valence electrons. The van der Waals surface area contributed by atoms with Crippen LogP contribution in [0.5, 0.6) is 0 Å². The van der Waals surface area contributed by atoms with E-state index in [-0.39, 0.29) is 0 Å². The molecular formula is C16H13BrO2. The quantitative estimate of drug-likeness (QED) is 0.773. The van der Waals surface area contributed by atoms with Crippen LogP contribution in [0.25, 0.3) is 11.0 Å². The topological polar surface area (TPSA) is 33.4 Å². The summed E-state index contributed by atoms with van der Waals surface area (Å²) in [4.78, 5) is 0. The SMILES string of the molecule is OC(Cc1ccc(Br)cc1)c1coc2ccccc12. The van der Waals surface area contributed by atoms with Crippen molar-refractivity contribution in [3.8, 4) is 0 Å². The van der Waals surface area contributed by atoms with E-state index >= 15 is 0 Å². The van der Waals surface area contributed by atoms with Crippen LogP contribution in [0.3, 0.4) is 0 Å². The molecule has 19 heavy (non-hydrogen) atoms. The van der Waals surface area contributed by atoms with Crippen molar-refractivity contribution in [3.63, 3.8) is 0 Å². The van der Waals surface area contributed by atoms with E-state index in [0.29, 0.717) is 6.42 Å². The highest BCUT2D eigenvalue weighted by atomic mass is 79.9. The molecule has 0 spiro atoms. The van der Waals surface area contributed by atoms with Crippen LogP contribution < -0.4 is 0 Å². The number of furan rings is 1. The Morgan fingerprint density at radius 3 is 2.58 bits per heavy atom. The van der Waals surface area contributed by atoms with Crippen LogP contribution in [0.4, 0.5) is 0 Å². The maximum Gasteiger partial charge on any atom is 0.134 e. The highest BCUT2D eigenvalue weighted by Gasteiger charge is 2.14. The Labute approximate surface area is 119 Å². The largest absolute Gasteiger partial charge is 0.464 e. The summed E-state index contributed by atoms with van der Waals surface area (Å²) in [5, 5.41) is 11.3. The molecule has 0 saturated carbocycles. The van der Waals surface area contributed by atoms with Gasteiger partial charge in [-0.2, -0.15) is 0 Å². The predicted molar refractivity (Wildman–Crippen MR) is 79.0 cm³/mol. The fourth-order valence-corrected chi connectivity index (χ4v) is 2.47. The van der Waals surface area contributed by atoms with Gasteiger partial charge in [0.2, 0.25) is 0 Å². The van der Waals surface area contributed by atoms with Gasteiger partial charge in [0, 0.05) is 21.8 Å². The molecule has 0 aliphatic heterocycles. The third-order valence-electron chi connectivity index (χ3n) is 3.21. The lowest BCUT2D eigenvalue weighted by molar-refractivity contribution is 0.179. The number of para-hydroxylation sites is 1. The zero-order valence-electron chi connectivity index (χ0n) is 10.2. The molecule has 1 heterocycles. The fourth-order valence-electron chi connectivity index (χ4n) is 2.21. The smallest absolute Gasteiger partial charge is 0.134 e. The summed E-state index contributed by atoms with van der Waals surface area (Å²) >= 11 is 3.41. The van der Waals surface area contributed by atoms with E-state index in [1.54, 1.807) is 6.26 Å². The van der Waals surface area contributed by atoms with E-state index in [2.05, 4.69) is 15.9 Å². The molecule has 2 aromatic carbocycles. The highest BCUT2D eigenvalue weighted by molar-refractivity contribution is 9.10. The second-order valence-electron chi connectivity index (χ2n) is 4.53. The van der Waals surface area contributed by atoms with E-state index < -0.39 is 6.10 Å². The first-order chi connectivity index (χ1) is 9.24. The average molecular weight is 317 g/mol. The van der Waals surface area contributed by atoms with Crippen molar-refractivity contribution in [1.82, 2.24) is 0 Å². The Balaban J connectivity index is 1.87. The third kappa shape index (κ3) is 2.57. The van der Waals surface area contributed by atoms with Crippen LogP contribution in [0.1, 0.15) is 17.2 Å². The van der Waals surface area contributed by atoms with Crippen molar-refractivity contribution in [2.75, 3.05) is 0 Å². The summed E-state index contributed by atoms with van der Waals surface area (Å²) in [5.41, 5.74) is 2.76. The normalized spacial score (nSPS) is 12.7. The van der Waals surface area contributed by atoms with Crippen LogP contribution in [0, 0.1) is 0 Å². The first-order valence-corrected chi connectivity index (χ1v) is 6.92. The zero-order chi connectivity index (χ0) is 13.2. The molecule has 0 saturated heterocycles. The first-order valence-electron chi connectivity index (χ1n) is 6.12. The maximum atomic E-state index is 10.4. The summed E-state index contributed by atoms with van der Waals surface area (Å²) in [6.07, 6.45) is 1.68. The third-order valence-corrected chi connectivity index (χ3v) is 3.74. The van der Waals surface area contributed by atoms with Crippen LogP contribution in [-0.4, -0.2) is 5.11 Å². The summed E-state index contributed by atoms with van der Waals surface area (Å²) in [6, 6.07) is 15.7. The van der Waals surface area contributed by atoms with Crippen molar-refractivity contribution >= 4 is 26.9 Å². The number of hydrogen-bond donors (Lipinski definition) is 1. The summed E-state index contributed by atoms with van der Waals surface area (Å²) < 4.78 is 6.50. The Hall–Kier alpha value is -1.58. The zero-order valence-corrected chi connectivity index (χ0v) is 11.8. The van der Waals surface area contributed by atoms with Gasteiger partial charge >= 0.3 is 0 Å². The Bertz CT molecular complexity index is 685. The first kappa shape index (κ1) is 12.5. The molecule has 3 heteroatoms. The van der Waals surface area contributed by atoms with Gasteiger partial charge in [0.25, 0.3) is 0 Å². The van der Waals surface area contributed by atoms with Crippen molar-refractivity contribution in [2.24, 2.45) is 0 Å². The summed E-state index contributed by atoms with van der Waals surface area (Å²) in [6.45, 7) is 0. The molecule has 1 atom stereocenters. The number of fused-ring (bicyclic) bond motifs is 1. The van der Waals surface area contributed by atoms with Gasteiger partial charge in [-0.3, -0.25) is 0 Å². The van der Waals surface area contributed by atoms with E-state index in [4.69, 9.17) is 4.42 Å². The van der Waals surface area contributed by atoms with Crippen molar-refractivity contribution in [2.45, 2.75) is 12.5 Å². The lowest BCUT2D eigenvalue weighted by atomic mass is 10.0. The minimum Gasteiger partial charge on any atom is -0.464 e. The molecule has 0 aliphatic rings. The van der Waals surface area contributed by atoms with Crippen molar-refractivity contribution in [1.29, 1.82) is 0 Å². The van der Waals surface area contributed by atoms with Crippen LogP contribution in [0.2, 0.25) is 0 Å². The molecule has 3 aromatic rings. The van der Waals surface area contributed by atoms with Gasteiger partial charge in [0.15, 0.2) is 0 Å². The Morgan fingerprint density at radius 2 is 1.79 bits per heavy atom. The molecule has 0 fully saturated rings. The number of hydrogen-bond acceptors (Lipinski definition) is 2. The summed E-state index contributed by atoms with van der Waals surface area (Å²) in [7, 11) is 0. The molecule has 0 aliphatic carbocycles.